The zero-order valence-electron chi connectivity index (χ0n) is 19.9. The van der Waals surface area contributed by atoms with Crippen molar-refractivity contribution in [3.8, 4) is 11.5 Å². The number of nitrogens with zero attached hydrogens (tertiary/aromatic N) is 2. The topological polar surface area (TPSA) is 111 Å². The van der Waals surface area contributed by atoms with Crippen molar-refractivity contribution in [2.24, 2.45) is 0 Å². The first-order valence-corrected chi connectivity index (χ1v) is 12.8. The Labute approximate surface area is 232 Å². The number of hydrazine groups is 1. The average molecular weight is 570 g/mol. The van der Waals surface area contributed by atoms with E-state index in [0.29, 0.717) is 44.7 Å². The minimum Gasteiger partial charge on any atom is -0.490 e. The largest absolute Gasteiger partial charge is 0.490 e. The molecule has 0 radical (unpaired) electrons. The Kier molecular flexibility index (Phi) is 8.62. The van der Waals surface area contributed by atoms with Crippen molar-refractivity contribution in [1.29, 1.82) is 0 Å². The van der Waals surface area contributed by atoms with Crippen LogP contribution < -0.4 is 14.9 Å². The van der Waals surface area contributed by atoms with Crippen molar-refractivity contribution in [2.45, 2.75) is 13.5 Å². The van der Waals surface area contributed by atoms with Gasteiger partial charge in [0.25, 0.3) is 17.5 Å². The highest BCUT2D eigenvalue weighted by Crippen LogP contribution is 2.35. The van der Waals surface area contributed by atoms with E-state index in [1.165, 1.54) is 6.07 Å². The lowest BCUT2D eigenvalue weighted by atomic mass is 10.1. The van der Waals surface area contributed by atoms with E-state index in [4.69, 9.17) is 33.3 Å². The van der Waals surface area contributed by atoms with Gasteiger partial charge in [0, 0.05) is 16.7 Å². The monoisotopic (exact) mass is 569 g/mol. The highest BCUT2D eigenvalue weighted by atomic mass is 35.5. The molecule has 2 amide bonds. The number of carbonyl (C=O) groups excluding carboxylic acids is 2. The number of para-hydroxylation sites is 1. The summed E-state index contributed by atoms with van der Waals surface area (Å²) in [6, 6.07) is 17.6. The number of thiocarbonyl (C=S) groups is 1. The van der Waals surface area contributed by atoms with Gasteiger partial charge >= 0.3 is 0 Å². The van der Waals surface area contributed by atoms with Gasteiger partial charge in [-0.1, -0.05) is 41.6 Å². The number of carbonyl (C=O) groups is 2. The number of ether oxygens (including phenoxy) is 2. The Bertz CT molecular complexity index is 1450. The summed E-state index contributed by atoms with van der Waals surface area (Å²) in [7, 11) is 0. The molecule has 0 spiro atoms. The third kappa shape index (κ3) is 6.31. The maximum Gasteiger partial charge on any atom is 0.285 e. The minimum absolute atomic E-state index is 0.0252. The molecule has 1 heterocycles. The number of amides is 2. The third-order valence-electron chi connectivity index (χ3n) is 5.25. The van der Waals surface area contributed by atoms with Crippen LogP contribution in [0.1, 0.15) is 28.4 Å². The van der Waals surface area contributed by atoms with Gasteiger partial charge in [-0.2, -0.15) is 5.01 Å². The van der Waals surface area contributed by atoms with Crippen molar-refractivity contribution in [3.63, 3.8) is 0 Å². The van der Waals surface area contributed by atoms with E-state index in [1.807, 2.05) is 6.92 Å². The Balaban J connectivity index is 1.50. The van der Waals surface area contributed by atoms with Crippen LogP contribution in [0.5, 0.6) is 11.5 Å². The molecule has 1 aliphatic rings. The molecule has 0 aromatic heterocycles. The number of halogens is 1. The van der Waals surface area contributed by atoms with Crippen LogP contribution in [0.15, 0.2) is 71.6 Å². The second-order valence-corrected chi connectivity index (χ2v) is 9.89. The summed E-state index contributed by atoms with van der Waals surface area (Å²) in [5.41, 5.74) is 3.87. The first-order chi connectivity index (χ1) is 18.3. The van der Waals surface area contributed by atoms with Crippen LogP contribution in [0, 0.1) is 10.1 Å². The molecule has 3 aromatic rings. The Morgan fingerprint density at radius 2 is 1.87 bits per heavy atom. The van der Waals surface area contributed by atoms with Gasteiger partial charge in [-0.25, -0.2) is 0 Å². The van der Waals surface area contributed by atoms with Crippen LogP contribution in [-0.2, 0) is 11.4 Å². The van der Waals surface area contributed by atoms with Crippen molar-refractivity contribution in [1.82, 2.24) is 10.4 Å². The summed E-state index contributed by atoms with van der Waals surface area (Å²) in [5, 5.41) is 12.8. The Morgan fingerprint density at radius 1 is 1.13 bits per heavy atom. The van der Waals surface area contributed by atoms with Gasteiger partial charge in [0.15, 0.2) is 15.8 Å². The van der Waals surface area contributed by atoms with Crippen molar-refractivity contribution in [2.75, 3.05) is 6.61 Å². The smallest absolute Gasteiger partial charge is 0.285 e. The highest BCUT2D eigenvalue weighted by Gasteiger charge is 2.34. The number of nitrogens with one attached hydrogen (secondary N) is 1. The van der Waals surface area contributed by atoms with Gasteiger partial charge in [-0.15, -0.1) is 0 Å². The standard InChI is InChI=1S/C26H20ClN3O6S2/c1-2-35-22-13-16(7-12-21(22)36-15-18-5-3-4-6-20(18)30(33)34)14-23-25(32)29(26(37)38-23)28-24(31)17-8-10-19(27)11-9-17/h3-14H,2,15H2,1H3,(H,28,31)/b23-14+. The summed E-state index contributed by atoms with van der Waals surface area (Å²) in [4.78, 5) is 36.6. The maximum atomic E-state index is 13.0. The predicted octanol–water partition coefficient (Wildman–Crippen LogP) is 5.77. The van der Waals surface area contributed by atoms with Crippen LogP contribution in [0.2, 0.25) is 5.02 Å². The summed E-state index contributed by atoms with van der Waals surface area (Å²) in [5.74, 6) is -0.175. The van der Waals surface area contributed by atoms with Crippen LogP contribution >= 0.6 is 35.6 Å². The van der Waals surface area contributed by atoms with E-state index in [2.05, 4.69) is 5.43 Å². The van der Waals surface area contributed by atoms with Gasteiger partial charge in [0.05, 0.1) is 22.0 Å². The molecular weight excluding hydrogens is 550 g/mol. The van der Waals surface area contributed by atoms with Crippen molar-refractivity contribution < 1.29 is 24.0 Å². The number of hydrogen-bond donors (Lipinski definition) is 1. The first-order valence-electron chi connectivity index (χ1n) is 11.2. The number of thioether (sulfide) groups is 1. The number of benzene rings is 3. The van der Waals surface area contributed by atoms with Gasteiger partial charge < -0.3 is 9.47 Å². The summed E-state index contributed by atoms with van der Waals surface area (Å²) in [6.07, 6.45) is 1.63. The first kappa shape index (κ1) is 27.1. The molecule has 1 fully saturated rings. The molecular formula is C26H20ClN3O6S2. The lowest BCUT2D eigenvalue weighted by Crippen LogP contribution is -2.44. The average Bonchev–Trinajstić information content (AvgIpc) is 3.16. The van der Waals surface area contributed by atoms with Gasteiger partial charge in [-0.3, -0.25) is 25.1 Å². The molecule has 0 saturated carbocycles. The molecule has 0 atom stereocenters. The maximum absolute atomic E-state index is 13.0. The molecule has 194 valence electrons. The van der Waals surface area contributed by atoms with Crippen LogP contribution in [-0.4, -0.2) is 32.7 Å². The second kappa shape index (κ2) is 12.1. The van der Waals surface area contributed by atoms with Gasteiger partial charge in [0.2, 0.25) is 0 Å². The minimum atomic E-state index is -0.502. The molecule has 1 aliphatic heterocycles. The van der Waals surface area contributed by atoms with E-state index >= 15 is 0 Å². The Morgan fingerprint density at radius 3 is 2.58 bits per heavy atom. The van der Waals surface area contributed by atoms with Crippen molar-refractivity contribution in [3.05, 3.63) is 103 Å². The number of nitro groups is 1. The fraction of sp³-hybridized carbons (Fsp3) is 0.115. The zero-order valence-corrected chi connectivity index (χ0v) is 22.3. The molecule has 12 heteroatoms. The summed E-state index contributed by atoms with van der Waals surface area (Å²) >= 11 is 12.2. The second-order valence-electron chi connectivity index (χ2n) is 7.78. The SMILES string of the molecule is CCOc1cc(/C=C2/SC(=S)N(NC(=O)c3ccc(Cl)cc3)C2=O)ccc1OCc1ccccc1[N+](=O)[O-]. The van der Waals surface area contributed by atoms with Crippen LogP contribution in [0.25, 0.3) is 6.08 Å². The molecule has 0 aliphatic carbocycles. The molecule has 4 rings (SSSR count). The van der Waals surface area contributed by atoms with E-state index in [0.717, 1.165) is 16.8 Å². The lowest BCUT2D eigenvalue weighted by molar-refractivity contribution is -0.385. The van der Waals surface area contributed by atoms with Gasteiger partial charge in [0.1, 0.15) is 6.61 Å². The molecule has 1 N–H and O–H groups in total. The van der Waals surface area contributed by atoms with E-state index < -0.39 is 16.7 Å². The molecule has 1 saturated heterocycles. The fourth-order valence-corrected chi connectivity index (χ4v) is 4.76. The summed E-state index contributed by atoms with van der Waals surface area (Å²) in [6.45, 7) is 2.14. The van der Waals surface area contributed by atoms with Crippen molar-refractivity contribution >= 4 is 63.5 Å². The molecule has 9 nitrogen and oxygen atoms in total. The Hall–Kier alpha value is -3.93. The number of hydrogen-bond acceptors (Lipinski definition) is 8. The van der Waals surface area contributed by atoms with E-state index in [-0.39, 0.29) is 16.6 Å². The highest BCUT2D eigenvalue weighted by molar-refractivity contribution is 8.26. The quantitative estimate of drug-likeness (QED) is 0.150. The molecule has 3 aromatic carbocycles. The van der Waals surface area contributed by atoms with Crippen LogP contribution in [0.4, 0.5) is 5.69 Å². The molecule has 0 unspecified atom stereocenters. The fourth-order valence-electron chi connectivity index (χ4n) is 3.45. The van der Waals surface area contributed by atoms with Gasteiger partial charge in [-0.05, 0) is 73.2 Å². The molecule has 0 bridgehead atoms. The number of nitro benzene ring substituents is 1. The number of rotatable bonds is 9. The van der Waals surface area contributed by atoms with Crippen LogP contribution in [0.3, 0.4) is 0 Å². The van der Waals surface area contributed by atoms with E-state index in [1.54, 1.807) is 66.7 Å². The lowest BCUT2D eigenvalue weighted by Gasteiger charge is -2.15. The van der Waals surface area contributed by atoms with E-state index in [9.17, 15) is 19.7 Å². The molecule has 38 heavy (non-hydrogen) atoms. The third-order valence-corrected chi connectivity index (χ3v) is 6.80. The normalized spacial score (nSPS) is 14.1. The predicted molar refractivity (Wildman–Crippen MR) is 149 cm³/mol. The zero-order chi connectivity index (χ0) is 27.2. The summed E-state index contributed by atoms with van der Waals surface area (Å²) < 4.78 is 11.7.